The molecule has 0 bridgehead atoms. The summed E-state index contributed by atoms with van der Waals surface area (Å²) in [7, 11) is 1.91. The van der Waals surface area contributed by atoms with Gasteiger partial charge in [0.2, 0.25) is 5.82 Å². The molecule has 0 saturated carbocycles. The van der Waals surface area contributed by atoms with Gasteiger partial charge >= 0.3 is 5.69 Å². The molecule has 2 rings (SSSR count). The smallest absolute Gasteiger partial charge is 0.311 e. The monoisotopic (exact) mass is 251 g/mol. The van der Waals surface area contributed by atoms with Crippen LogP contribution < -0.4 is 16.0 Å². The predicted molar refractivity (Wildman–Crippen MR) is 69.6 cm³/mol. The van der Waals surface area contributed by atoms with Crippen molar-refractivity contribution in [3.63, 3.8) is 0 Å². The average Bonchev–Trinajstić information content (AvgIpc) is 2.77. The van der Waals surface area contributed by atoms with Crippen LogP contribution in [0.1, 0.15) is 12.8 Å². The molecule has 0 aromatic carbocycles. The van der Waals surface area contributed by atoms with Crippen molar-refractivity contribution in [2.24, 2.45) is 0 Å². The van der Waals surface area contributed by atoms with E-state index in [-0.39, 0.29) is 11.5 Å². The Morgan fingerprint density at radius 2 is 2.44 bits per heavy atom. The highest BCUT2D eigenvalue weighted by molar-refractivity contribution is 5.58. The van der Waals surface area contributed by atoms with Gasteiger partial charge in [-0.1, -0.05) is 0 Å². The number of hydrogen-bond donors (Lipinski definition) is 2. The Balaban J connectivity index is 2.23. The van der Waals surface area contributed by atoms with E-state index in [1.165, 1.54) is 6.07 Å². The molecule has 2 heterocycles. The quantitative estimate of drug-likeness (QED) is 0.605. The topological polar surface area (TPSA) is 97.3 Å². The Kier molecular flexibility index (Phi) is 3.61. The van der Waals surface area contributed by atoms with Crippen LogP contribution >= 0.6 is 0 Å². The van der Waals surface area contributed by atoms with E-state index in [1.54, 1.807) is 6.07 Å². The number of nitrogen functional groups attached to an aromatic ring is 1. The van der Waals surface area contributed by atoms with Crippen LogP contribution in [0.25, 0.3) is 0 Å². The highest BCUT2D eigenvalue weighted by atomic mass is 16.6. The van der Waals surface area contributed by atoms with Crippen molar-refractivity contribution < 1.29 is 4.92 Å². The Morgan fingerprint density at radius 3 is 3.06 bits per heavy atom. The average molecular weight is 251 g/mol. The highest BCUT2D eigenvalue weighted by Crippen LogP contribution is 2.27. The van der Waals surface area contributed by atoms with Crippen LogP contribution in [-0.2, 0) is 0 Å². The van der Waals surface area contributed by atoms with Gasteiger partial charge in [-0.25, -0.2) is 4.98 Å². The van der Waals surface area contributed by atoms with Gasteiger partial charge in [-0.2, -0.15) is 0 Å². The number of rotatable bonds is 4. The van der Waals surface area contributed by atoms with Gasteiger partial charge in [-0.15, -0.1) is 0 Å². The summed E-state index contributed by atoms with van der Waals surface area (Å²) in [6.07, 6.45) is 2.20. The molecule has 0 spiro atoms. The summed E-state index contributed by atoms with van der Waals surface area (Å²) in [6.45, 7) is 1.79. The van der Waals surface area contributed by atoms with Crippen LogP contribution in [0.15, 0.2) is 12.1 Å². The standard InChI is InChI=1S/C11H17N5O2/c1-13-7-8-3-2-6-15(8)10-5-4-9(16(17)18)11(12)14-10/h4-5,8,13H,2-3,6-7H2,1H3,(H2,12,14). The number of aromatic nitrogens is 1. The number of nitrogens with zero attached hydrogens (tertiary/aromatic N) is 3. The number of hydrogen-bond acceptors (Lipinski definition) is 6. The zero-order valence-corrected chi connectivity index (χ0v) is 10.3. The fourth-order valence-electron chi connectivity index (χ4n) is 2.36. The van der Waals surface area contributed by atoms with Crippen LogP contribution in [0.2, 0.25) is 0 Å². The van der Waals surface area contributed by atoms with Gasteiger partial charge in [0, 0.05) is 25.2 Å². The van der Waals surface area contributed by atoms with Crippen LogP contribution in [0, 0.1) is 10.1 Å². The fraction of sp³-hybridized carbons (Fsp3) is 0.545. The molecule has 7 nitrogen and oxygen atoms in total. The number of nitrogens with one attached hydrogen (secondary N) is 1. The molecule has 1 fully saturated rings. The van der Waals surface area contributed by atoms with E-state index >= 15 is 0 Å². The molecule has 1 aromatic heterocycles. The lowest BCUT2D eigenvalue weighted by molar-refractivity contribution is -0.384. The summed E-state index contributed by atoms with van der Waals surface area (Å²) in [5.74, 6) is 0.698. The van der Waals surface area contributed by atoms with Crippen molar-refractivity contribution in [2.75, 3.05) is 30.8 Å². The first-order chi connectivity index (χ1) is 8.63. The second kappa shape index (κ2) is 5.18. The van der Waals surface area contributed by atoms with Crippen molar-refractivity contribution in [3.8, 4) is 0 Å². The second-order valence-corrected chi connectivity index (χ2v) is 4.38. The molecule has 1 unspecified atom stereocenters. The summed E-state index contributed by atoms with van der Waals surface area (Å²) >= 11 is 0. The fourth-order valence-corrected chi connectivity index (χ4v) is 2.36. The van der Waals surface area contributed by atoms with Crippen molar-refractivity contribution in [1.82, 2.24) is 10.3 Å². The van der Waals surface area contributed by atoms with E-state index in [0.717, 1.165) is 31.7 Å². The maximum atomic E-state index is 10.7. The Hall–Kier alpha value is -1.89. The first kappa shape index (κ1) is 12.6. The van der Waals surface area contributed by atoms with Crippen molar-refractivity contribution in [3.05, 3.63) is 22.2 Å². The van der Waals surface area contributed by atoms with E-state index < -0.39 is 4.92 Å². The van der Waals surface area contributed by atoms with Gasteiger partial charge in [0.15, 0.2) is 0 Å². The molecule has 0 radical (unpaired) electrons. The first-order valence-corrected chi connectivity index (χ1v) is 5.95. The van der Waals surface area contributed by atoms with Crippen LogP contribution in [0.4, 0.5) is 17.3 Å². The van der Waals surface area contributed by atoms with Crippen LogP contribution in [0.5, 0.6) is 0 Å². The summed E-state index contributed by atoms with van der Waals surface area (Å²) in [6, 6.07) is 3.47. The van der Waals surface area contributed by atoms with Gasteiger partial charge in [0.25, 0.3) is 0 Å². The van der Waals surface area contributed by atoms with Gasteiger partial charge in [-0.05, 0) is 26.0 Å². The van der Waals surface area contributed by atoms with E-state index in [1.807, 2.05) is 7.05 Å². The SMILES string of the molecule is CNCC1CCCN1c1ccc([N+](=O)[O-])c(N)n1. The largest absolute Gasteiger partial charge is 0.378 e. The zero-order chi connectivity index (χ0) is 13.1. The lowest BCUT2D eigenvalue weighted by Crippen LogP contribution is -2.37. The molecule has 1 aromatic rings. The van der Waals surface area contributed by atoms with Gasteiger partial charge in [-0.3, -0.25) is 10.1 Å². The maximum absolute atomic E-state index is 10.7. The van der Waals surface area contributed by atoms with Crippen molar-refractivity contribution in [1.29, 1.82) is 0 Å². The van der Waals surface area contributed by atoms with E-state index in [2.05, 4.69) is 15.2 Å². The van der Waals surface area contributed by atoms with Gasteiger partial charge < -0.3 is 16.0 Å². The van der Waals surface area contributed by atoms with Gasteiger partial charge in [0.1, 0.15) is 5.82 Å². The minimum atomic E-state index is -0.513. The Bertz CT molecular complexity index is 451. The van der Waals surface area contributed by atoms with E-state index in [9.17, 15) is 10.1 Å². The lowest BCUT2D eigenvalue weighted by atomic mass is 10.2. The van der Waals surface area contributed by atoms with E-state index in [0.29, 0.717) is 6.04 Å². The maximum Gasteiger partial charge on any atom is 0.311 e. The molecule has 0 amide bonds. The molecule has 0 aliphatic carbocycles. The molecule has 1 aliphatic rings. The van der Waals surface area contributed by atoms with Crippen LogP contribution in [0.3, 0.4) is 0 Å². The highest BCUT2D eigenvalue weighted by Gasteiger charge is 2.26. The summed E-state index contributed by atoms with van der Waals surface area (Å²) < 4.78 is 0. The first-order valence-electron chi connectivity index (χ1n) is 5.95. The molecular formula is C11H17N5O2. The summed E-state index contributed by atoms with van der Waals surface area (Å²) in [5.41, 5.74) is 5.48. The van der Waals surface area contributed by atoms with Crippen LogP contribution in [-0.4, -0.2) is 36.1 Å². The summed E-state index contributed by atoms with van der Waals surface area (Å²) in [5, 5.41) is 13.8. The molecule has 98 valence electrons. The van der Waals surface area contributed by atoms with Crippen molar-refractivity contribution >= 4 is 17.3 Å². The zero-order valence-electron chi connectivity index (χ0n) is 10.3. The minimum Gasteiger partial charge on any atom is -0.378 e. The lowest BCUT2D eigenvalue weighted by Gasteiger charge is -2.25. The Morgan fingerprint density at radius 1 is 1.67 bits per heavy atom. The minimum absolute atomic E-state index is 0.0207. The molecule has 7 heteroatoms. The molecule has 3 N–H and O–H groups in total. The number of pyridine rings is 1. The second-order valence-electron chi connectivity index (χ2n) is 4.38. The number of likely N-dealkylation sites (N-methyl/N-ethyl adjacent to an activating group) is 1. The molecule has 18 heavy (non-hydrogen) atoms. The third-order valence-electron chi connectivity index (χ3n) is 3.20. The number of nitrogens with two attached hydrogens (primary N) is 1. The molecule has 1 atom stereocenters. The number of anilines is 2. The van der Waals surface area contributed by atoms with E-state index in [4.69, 9.17) is 5.73 Å². The molecular weight excluding hydrogens is 234 g/mol. The Labute approximate surface area is 105 Å². The van der Waals surface area contributed by atoms with Crippen molar-refractivity contribution in [2.45, 2.75) is 18.9 Å². The van der Waals surface area contributed by atoms with Gasteiger partial charge in [0.05, 0.1) is 4.92 Å². The molecule has 1 aliphatic heterocycles. The predicted octanol–water partition coefficient (Wildman–Crippen LogP) is 0.760. The third-order valence-corrected chi connectivity index (χ3v) is 3.20. The summed E-state index contributed by atoms with van der Waals surface area (Å²) in [4.78, 5) is 16.5. The number of nitro groups is 1. The molecule has 1 saturated heterocycles. The third kappa shape index (κ3) is 2.35. The normalized spacial score (nSPS) is 19.2.